The van der Waals surface area contributed by atoms with Crippen LogP contribution in [0, 0.1) is 5.92 Å². The van der Waals surface area contributed by atoms with Crippen molar-refractivity contribution >= 4 is 16.7 Å². The van der Waals surface area contributed by atoms with Crippen LogP contribution in [0.25, 0.3) is 0 Å². The summed E-state index contributed by atoms with van der Waals surface area (Å²) in [5.41, 5.74) is 0. The Balaban J connectivity index is 2.62. The molecule has 1 amide bonds. The molecule has 1 aliphatic heterocycles. The molecule has 0 radical (unpaired) electrons. The molecule has 1 fully saturated rings. The third kappa shape index (κ3) is 5.22. The zero-order valence-electron chi connectivity index (χ0n) is 12.9. The molecule has 4 nitrogen and oxygen atoms in total. The van der Waals surface area contributed by atoms with E-state index in [9.17, 15) is 9.00 Å². The van der Waals surface area contributed by atoms with E-state index in [1.807, 2.05) is 4.90 Å². The van der Waals surface area contributed by atoms with Gasteiger partial charge in [0.1, 0.15) is 0 Å². The first kappa shape index (κ1) is 16.6. The molecule has 2 atom stereocenters. The van der Waals surface area contributed by atoms with Crippen molar-refractivity contribution in [3.05, 3.63) is 0 Å². The second kappa shape index (κ2) is 7.39. The first-order valence-corrected chi connectivity index (χ1v) is 8.68. The largest absolute Gasteiger partial charge is 0.337 e. The summed E-state index contributed by atoms with van der Waals surface area (Å²) in [6, 6.07) is 0.456. The quantitative estimate of drug-likeness (QED) is 0.784. The van der Waals surface area contributed by atoms with Gasteiger partial charge in [0, 0.05) is 47.5 Å². The zero-order valence-corrected chi connectivity index (χ0v) is 13.7. The van der Waals surface area contributed by atoms with E-state index in [0.29, 0.717) is 18.2 Å². The standard InChI is InChI=1S/C14H28N2O2S/c1-11(2)16(12(3)4)14(17)9-15-6-7-19(18)10-13(5)8-15/h11-13H,6-10H2,1-5H3/t13-,19-/m0/s1. The van der Waals surface area contributed by atoms with Crippen LogP contribution in [-0.4, -0.2) is 63.1 Å². The van der Waals surface area contributed by atoms with E-state index in [0.717, 1.165) is 18.8 Å². The van der Waals surface area contributed by atoms with Crippen molar-refractivity contribution in [2.45, 2.75) is 46.7 Å². The van der Waals surface area contributed by atoms with Gasteiger partial charge in [-0.05, 0) is 33.6 Å². The van der Waals surface area contributed by atoms with Gasteiger partial charge in [0.25, 0.3) is 0 Å². The number of carbonyl (C=O) groups is 1. The highest BCUT2D eigenvalue weighted by Gasteiger charge is 2.25. The summed E-state index contributed by atoms with van der Waals surface area (Å²) in [7, 11) is -0.718. The highest BCUT2D eigenvalue weighted by atomic mass is 32.2. The smallest absolute Gasteiger partial charge is 0.237 e. The molecular formula is C14H28N2O2S. The van der Waals surface area contributed by atoms with Gasteiger partial charge in [0.15, 0.2) is 0 Å². The lowest BCUT2D eigenvalue weighted by molar-refractivity contribution is -0.136. The molecule has 0 aromatic carbocycles. The third-order valence-corrected chi connectivity index (χ3v) is 5.01. The van der Waals surface area contributed by atoms with Gasteiger partial charge in [-0.15, -0.1) is 0 Å². The molecule has 1 heterocycles. The minimum absolute atomic E-state index is 0.185. The number of rotatable bonds is 4. The molecule has 0 aromatic rings. The van der Waals surface area contributed by atoms with Crippen molar-refractivity contribution in [3.63, 3.8) is 0 Å². The molecule has 0 aromatic heterocycles. The van der Waals surface area contributed by atoms with Gasteiger partial charge in [-0.3, -0.25) is 13.9 Å². The average Bonchev–Trinajstić information content (AvgIpc) is 2.38. The lowest BCUT2D eigenvalue weighted by Gasteiger charge is -2.33. The van der Waals surface area contributed by atoms with Crippen LogP contribution in [0.3, 0.4) is 0 Å². The van der Waals surface area contributed by atoms with Crippen LogP contribution in [0.2, 0.25) is 0 Å². The van der Waals surface area contributed by atoms with E-state index in [1.54, 1.807) is 0 Å². The van der Waals surface area contributed by atoms with Crippen molar-refractivity contribution in [3.8, 4) is 0 Å². The number of nitrogens with zero attached hydrogens (tertiary/aromatic N) is 2. The van der Waals surface area contributed by atoms with Crippen molar-refractivity contribution < 1.29 is 9.00 Å². The summed E-state index contributed by atoms with van der Waals surface area (Å²) >= 11 is 0. The molecule has 0 aliphatic carbocycles. The SMILES string of the molecule is CC(C)N(C(=O)CN1CC[S@](=O)C[C@@H](C)C1)C(C)C. The molecule has 0 spiro atoms. The van der Waals surface area contributed by atoms with Crippen molar-refractivity contribution in [2.75, 3.05) is 31.1 Å². The Morgan fingerprint density at radius 2 is 1.89 bits per heavy atom. The Labute approximate surface area is 120 Å². The number of hydrogen-bond acceptors (Lipinski definition) is 3. The fourth-order valence-corrected chi connectivity index (χ4v) is 4.17. The van der Waals surface area contributed by atoms with Gasteiger partial charge in [0.05, 0.1) is 6.54 Å². The highest BCUT2D eigenvalue weighted by Crippen LogP contribution is 2.11. The number of hydrogen-bond donors (Lipinski definition) is 0. The molecule has 0 bridgehead atoms. The van der Waals surface area contributed by atoms with Crippen LogP contribution in [-0.2, 0) is 15.6 Å². The summed E-state index contributed by atoms with van der Waals surface area (Å²) < 4.78 is 11.7. The molecule has 112 valence electrons. The summed E-state index contributed by atoms with van der Waals surface area (Å²) in [5, 5.41) is 0. The van der Waals surface area contributed by atoms with Gasteiger partial charge in [-0.1, -0.05) is 6.92 Å². The molecule has 19 heavy (non-hydrogen) atoms. The molecule has 0 saturated carbocycles. The Hall–Kier alpha value is -0.420. The first-order chi connectivity index (χ1) is 8.81. The van der Waals surface area contributed by atoms with E-state index < -0.39 is 10.8 Å². The van der Waals surface area contributed by atoms with Crippen LogP contribution < -0.4 is 0 Å². The van der Waals surface area contributed by atoms with E-state index in [-0.39, 0.29) is 18.0 Å². The predicted octanol–water partition coefficient (Wildman–Crippen LogP) is 1.33. The molecule has 1 aliphatic rings. The summed E-state index contributed by atoms with van der Waals surface area (Å²) in [5.74, 6) is 2.05. The molecule has 0 unspecified atom stereocenters. The topological polar surface area (TPSA) is 40.6 Å². The van der Waals surface area contributed by atoms with Crippen molar-refractivity contribution in [1.29, 1.82) is 0 Å². The molecule has 1 saturated heterocycles. The monoisotopic (exact) mass is 288 g/mol. The number of carbonyl (C=O) groups excluding carboxylic acids is 1. The fraction of sp³-hybridized carbons (Fsp3) is 0.929. The first-order valence-electron chi connectivity index (χ1n) is 7.19. The zero-order chi connectivity index (χ0) is 14.6. The van der Waals surface area contributed by atoms with E-state index >= 15 is 0 Å². The van der Waals surface area contributed by atoms with Gasteiger partial charge in [0.2, 0.25) is 5.91 Å². The van der Waals surface area contributed by atoms with Crippen molar-refractivity contribution in [2.24, 2.45) is 5.92 Å². The van der Waals surface area contributed by atoms with Gasteiger partial charge < -0.3 is 4.90 Å². The second-order valence-electron chi connectivity index (χ2n) is 6.14. The lowest BCUT2D eigenvalue weighted by atomic mass is 10.2. The van der Waals surface area contributed by atoms with E-state index in [4.69, 9.17) is 0 Å². The molecule has 0 N–H and O–H groups in total. The van der Waals surface area contributed by atoms with Crippen LogP contribution in [0.15, 0.2) is 0 Å². The average molecular weight is 288 g/mol. The summed E-state index contributed by atoms with van der Waals surface area (Å²) in [4.78, 5) is 16.5. The summed E-state index contributed by atoms with van der Waals surface area (Å²) in [6.45, 7) is 12.4. The van der Waals surface area contributed by atoms with Crippen LogP contribution in [0.4, 0.5) is 0 Å². The Morgan fingerprint density at radius 1 is 1.32 bits per heavy atom. The maximum Gasteiger partial charge on any atom is 0.237 e. The second-order valence-corrected chi connectivity index (χ2v) is 7.76. The Kier molecular flexibility index (Phi) is 6.47. The molecular weight excluding hydrogens is 260 g/mol. The van der Waals surface area contributed by atoms with E-state index in [1.165, 1.54) is 0 Å². The van der Waals surface area contributed by atoms with Crippen LogP contribution in [0.1, 0.15) is 34.6 Å². The third-order valence-electron chi connectivity index (χ3n) is 3.44. The Bertz CT molecular complexity index is 323. The van der Waals surface area contributed by atoms with Gasteiger partial charge in [-0.2, -0.15) is 0 Å². The maximum absolute atomic E-state index is 12.4. The van der Waals surface area contributed by atoms with Crippen LogP contribution >= 0.6 is 0 Å². The highest BCUT2D eigenvalue weighted by molar-refractivity contribution is 7.85. The summed E-state index contributed by atoms with van der Waals surface area (Å²) in [6.07, 6.45) is 0. The van der Waals surface area contributed by atoms with Crippen molar-refractivity contribution in [1.82, 2.24) is 9.80 Å². The van der Waals surface area contributed by atoms with Gasteiger partial charge in [-0.25, -0.2) is 0 Å². The Morgan fingerprint density at radius 3 is 2.42 bits per heavy atom. The van der Waals surface area contributed by atoms with E-state index in [2.05, 4.69) is 39.5 Å². The predicted molar refractivity (Wildman–Crippen MR) is 80.6 cm³/mol. The van der Waals surface area contributed by atoms with Crippen LogP contribution in [0.5, 0.6) is 0 Å². The molecule has 5 heteroatoms. The normalized spacial score (nSPS) is 25.6. The molecule has 1 rings (SSSR count). The fourth-order valence-electron chi connectivity index (χ4n) is 2.81. The number of amides is 1. The lowest BCUT2D eigenvalue weighted by Crippen LogP contribution is -2.48. The maximum atomic E-state index is 12.4. The minimum Gasteiger partial charge on any atom is -0.337 e. The minimum atomic E-state index is -0.718. The van der Waals surface area contributed by atoms with Gasteiger partial charge >= 0.3 is 0 Å².